The minimum absolute atomic E-state index is 0.0498. The summed E-state index contributed by atoms with van der Waals surface area (Å²) in [7, 11) is 0. The summed E-state index contributed by atoms with van der Waals surface area (Å²) in [6, 6.07) is 3.62. The third-order valence-electron chi connectivity index (χ3n) is 6.16. The molecule has 0 aromatic carbocycles. The number of nitrogens with zero attached hydrogens (tertiary/aromatic N) is 5. The monoisotopic (exact) mass is 395 g/mol. The zero-order valence-corrected chi connectivity index (χ0v) is 16.6. The fraction of sp³-hybridized carbons (Fsp3) is 0.524. The first-order valence-electron chi connectivity index (χ1n) is 10.3. The zero-order chi connectivity index (χ0) is 19.8. The van der Waals surface area contributed by atoms with Gasteiger partial charge < -0.3 is 18.4 Å². The Balaban J connectivity index is 1.26. The van der Waals surface area contributed by atoms with Crippen molar-refractivity contribution in [3.63, 3.8) is 0 Å². The number of aromatic nitrogens is 4. The number of hydrogen-bond donors (Lipinski definition) is 0. The minimum Gasteiger partial charge on any atom is -0.454 e. The van der Waals surface area contributed by atoms with Crippen molar-refractivity contribution in [3.8, 4) is 0 Å². The molecule has 3 aromatic rings. The largest absolute Gasteiger partial charge is 0.454 e. The molecule has 8 heteroatoms. The molecule has 1 aliphatic carbocycles. The Morgan fingerprint density at radius 3 is 2.76 bits per heavy atom. The summed E-state index contributed by atoms with van der Waals surface area (Å²) in [5.74, 6) is 3.27. The summed E-state index contributed by atoms with van der Waals surface area (Å²) in [6.07, 6.45) is 10.7. The third-order valence-corrected chi connectivity index (χ3v) is 6.16. The van der Waals surface area contributed by atoms with Gasteiger partial charge in [-0.1, -0.05) is 18.0 Å². The highest BCUT2D eigenvalue weighted by Gasteiger charge is 2.44. The van der Waals surface area contributed by atoms with E-state index in [1.807, 2.05) is 28.7 Å². The molecule has 0 atom stereocenters. The predicted octanol–water partition coefficient (Wildman–Crippen LogP) is 3.19. The molecule has 1 saturated carbocycles. The Kier molecular flexibility index (Phi) is 4.49. The Morgan fingerprint density at radius 2 is 2.10 bits per heavy atom. The highest BCUT2D eigenvalue weighted by Crippen LogP contribution is 2.46. The van der Waals surface area contributed by atoms with E-state index in [0.717, 1.165) is 36.8 Å². The van der Waals surface area contributed by atoms with Gasteiger partial charge in [0.2, 0.25) is 5.89 Å². The lowest BCUT2D eigenvalue weighted by Crippen LogP contribution is -2.46. The number of amides is 1. The van der Waals surface area contributed by atoms with Gasteiger partial charge in [0.25, 0.3) is 5.91 Å². The molecule has 0 spiro atoms. The van der Waals surface area contributed by atoms with Gasteiger partial charge in [0.1, 0.15) is 5.76 Å². The molecule has 152 valence electrons. The fourth-order valence-electron chi connectivity index (χ4n) is 4.34. The van der Waals surface area contributed by atoms with Crippen LogP contribution in [0.4, 0.5) is 0 Å². The molecule has 0 N–H and O–H groups in total. The molecule has 2 aliphatic rings. The van der Waals surface area contributed by atoms with Crippen molar-refractivity contribution in [1.29, 1.82) is 0 Å². The topological polar surface area (TPSA) is 90.2 Å². The van der Waals surface area contributed by atoms with Crippen LogP contribution in [0.3, 0.4) is 0 Å². The minimum atomic E-state index is -0.0779. The molecule has 0 radical (unpaired) electrons. The molecule has 2 fully saturated rings. The van der Waals surface area contributed by atoms with Crippen molar-refractivity contribution in [2.75, 3.05) is 13.1 Å². The number of aryl methyl sites for hydroxylation is 1. The van der Waals surface area contributed by atoms with Crippen molar-refractivity contribution in [1.82, 2.24) is 24.6 Å². The van der Waals surface area contributed by atoms with Crippen LogP contribution in [0.1, 0.15) is 60.1 Å². The second-order valence-electron chi connectivity index (χ2n) is 8.36. The molecule has 1 aliphatic heterocycles. The van der Waals surface area contributed by atoms with Crippen molar-refractivity contribution >= 4 is 5.91 Å². The second-order valence-corrected chi connectivity index (χ2v) is 8.36. The first kappa shape index (κ1) is 18.1. The van der Waals surface area contributed by atoms with E-state index in [1.165, 1.54) is 12.8 Å². The van der Waals surface area contributed by atoms with E-state index in [2.05, 4.69) is 15.1 Å². The summed E-state index contributed by atoms with van der Waals surface area (Å²) in [5, 5.41) is 4.24. The first-order chi connectivity index (χ1) is 14.1. The highest BCUT2D eigenvalue weighted by molar-refractivity contribution is 5.91. The summed E-state index contributed by atoms with van der Waals surface area (Å²) >= 11 is 0. The van der Waals surface area contributed by atoms with Crippen LogP contribution in [0, 0.1) is 12.8 Å². The van der Waals surface area contributed by atoms with Crippen LogP contribution in [0.5, 0.6) is 0 Å². The Hall–Kier alpha value is -2.90. The summed E-state index contributed by atoms with van der Waals surface area (Å²) < 4.78 is 13.0. The van der Waals surface area contributed by atoms with E-state index >= 15 is 0 Å². The molecule has 1 amide bonds. The normalized spacial score (nSPS) is 18.9. The van der Waals surface area contributed by atoms with E-state index in [9.17, 15) is 4.79 Å². The van der Waals surface area contributed by atoms with Crippen LogP contribution in [0.2, 0.25) is 0 Å². The molecule has 0 unspecified atom stereocenters. The summed E-state index contributed by atoms with van der Waals surface area (Å²) in [4.78, 5) is 23.4. The van der Waals surface area contributed by atoms with Crippen LogP contribution >= 0.6 is 0 Å². The lowest BCUT2D eigenvalue weighted by molar-refractivity contribution is 0.0612. The van der Waals surface area contributed by atoms with Gasteiger partial charge in [0.15, 0.2) is 11.6 Å². The maximum absolute atomic E-state index is 13.0. The summed E-state index contributed by atoms with van der Waals surface area (Å²) in [6.45, 7) is 3.75. The van der Waals surface area contributed by atoms with E-state index in [4.69, 9.17) is 8.94 Å². The van der Waals surface area contributed by atoms with Crippen molar-refractivity contribution < 1.29 is 13.7 Å². The smallest absolute Gasteiger partial charge is 0.289 e. The number of imidazole rings is 1. The van der Waals surface area contributed by atoms with Gasteiger partial charge in [-0.3, -0.25) is 4.79 Å². The number of furan rings is 1. The molecule has 3 aromatic heterocycles. The van der Waals surface area contributed by atoms with E-state index in [1.54, 1.807) is 18.6 Å². The molecular formula is C21H25N5O3. The van der Waals surface area contributed by atoms with Crippen LogP contribution in [0.25, 0.3) is 0 Å². The molecule has 4 heterocycles. The van der Waals surface area contributed by atoms with Crippen LogP contribution in [0.15, 0.2) is 39.8 Å². The van der Waals surface area contributed by atoms with Gasteiger partial charge in [0.05, 0.1) is 12.9 Å². The van der Waals surface area contributed by atoms with E-state index in [0.29, 0.717) is 31.3 Å². The van der Waals surface area contributed by atoms with Gasteiger partial charge in [-0.2, -0.15) is 4.98 Å². The third kappa shape index (κ3) is 3.71. The quantitative estimate of drug-likeness (QED) is 0.637. The standard InChI is InChI=1S/C21H25N5O3/c1-15-23-20(24-29-15)21(12-16-2-3-16)6-9-26(10-7-21)19(27)18-5-4-17(28-18)13-25-11-8-22-14-25/h4-5,8,11,14,16H,2-3,6-7,9-10,12-13H2,1H3. The van der Waals surface area contributed by atoms with Gasteiger partial charge >= 0.3 is 0 Å². The molecule has 1 saturated heterocycles. The number of carbonyl (C=O) groups excluding carboxylic acids is 1. The average Bonchev–Trinajstić information content (AvgIpc) is 3.12. The summed E-state index contributed by atoms with van der Waals surface area (Å²) in [5.41, 5.74) is -0.0779. The number of piperidine rings is 1. The molecule has 0 bridgehead atoms. The van der Waals surface area contributed by atoms with E-state index < -0.39 is 0 Å². The SMILES string of the molecule is Cc1nc(C2(CC3CC3)CCN(C(=O)c3ccc(Cn4ccnc4)o3)CC2)no1. The first-order valence-corrected chi connectivity index (χ1v) is 10.3. The molecule has 29 heavy (non-hydrogen) atoms. The van der Waals surface area contributed by atoms with Gasteiger partial charge in [-0.15, -0.1) is 0 Å². The highest BCUT2D eigenvalue weighted by atomic mass is 16.5. The molecular weight excluding hydrogens is 370 g/mol. The number of likely N-dealkylation sites (tertiary alicyclic amines) is 1. The van der Waals surface area contributed by atoms with Gasteiger partial charge in [0, 0.05) is 37.8 Å². The fourth-order valence-corrected chi connectivity index (χ4v) is 4.34. The van der Waals surface area contributed by atoms with Crippen LogP contribution in [-0.2, 0) is 12.0 Å². The Bertz CT molecular complexity index is 978. The van der Waals surface area contributed by atoms with Crippen LogP contribution in [-0.4, -0.2) is 43.6 Å². The van der Waals surface area contributed by atoms with Gasteiger partial charge in [-0.25, -0.2) is 4.98 Å². The van der Waals surface area contributed by atoms with Gasteiger partial charge in [-0.05, 0) is 37.3 Å². The zero-order valence-electron chi connectivity index (χ0n) is 16.6. The second kappa shape index (κ2) is 7.17. The maximum Gasteiger partial charge on any atom is 0.289 e. The molecule has 5 rings (SSSR count). The number of carbonyl (C=O) groups is 1. The number of rotatable bonds is 6. The predicted molar refractivity (Wildman–Crippen MR) is 103 cm³/mol. The van der Waals surface area contributed by atoms with Crippen molar-refractivity contribution in [2.45, 2.75) is 51.0 Å². The lowest BCUT2D eigenvalue weighted by Gasteiger charge is -2.39. The van der Waals surface area contributed by atoms with E-state index in [-0.39, 0.29) is 11.3 Å². The maximum atomic E-state index is 13.0. The van der Waals surface area contributed by atoms with Crippen molar-refractivity contribution in [2.24, 2.45) is 5.92 Å². The average molecular weight is 395 g/mol. The van der Waals surface area contributed by atoms with Crippen LogP contribution < -0.4 is 0 Å². The Morgan fingerprint density at radius 1 is 1.28 bits per heavy atom. The van der Waals surface area contributed by atoms with Crippen molar-refractivity contribution in [3.05, 3.63) is 54.1 Å². The Labute approximate surface area is 168 Å². The molecule has 8 nitrogen and oxygen atoms in total. The lowest BCUT2D eigenvalue weighted by atomic mass is 9.73. The number of hydrogen-bond acceptors (Lipinski definition) is 6.